The molecule has 0 radical (unpaired) electrons. The Morgan fingerprint density at radius 1 is 1.37 bits per heavy atom. The highest BCUT2D eigenvalue weighted by Crippen LogP contribution is 2.40. The fraction of sp³-hybridized carbons (Fsp3) is 0.429. The summed E-state index contributed by atoms with van der Waals surface area (Å²) in [5, 5.41) is 5.81. The third kappa shape index (κ3) is 2.28. The van der Waals surface area contributed by atoms with Crippen LogP contribution in [0.5, 0.6) is 5.75 Å². The predicted octanol–water partition coefficient (Wildman–Crippen LogP) is 2.29. The second kappa shape index (κ2) is 4.57. The summed E-state index contributed by atoms with van der Waals surface area (Å²) in [6.45, 7) is 0. The zero-order valence-corrected chi connectivity index (χ0v) is 10.9. The number of ether oxygens (including phenoxy) is 1. The Labute approximate surface area is 112 Å². The summed E-state index contributed by atoms with van der Waals surface area (Å²) in [6.07, 6.45) is 3.15. The van der Waals surface area contributed by atoms with Crippen LogP contribution in [-0.4, -0.2) is 23.9 Å². The van der Waals surface area contributed by atoms with Gasteiger partial charge in [0.25, 0.3) is 0 Å². The lowest BCUT2D eigenvalue weighted by atomic mass is 10.0. The minimum atomic E-state index is -0.489. The molecule has 1 heterocycles. The highest BCUT2D eigenvalue weighted by molar-refractivity contribution is 5.92. The van der Waals surface area contributed by atoms with Crippen LogP contribution in [0.2, 0.25) is 0 Å². The van der Waals surface area contributed by atoms with Crippen LogP contribution in [0.3, 0.4) is 0 Å². The SMILES string of the molecule is COc1ccc(C2CC(C3CC3)=NN2C(N)=O)cc1. The van der Waals surface area contributed by atoms with Gasteiger partial charge in [0.05, 0.1) is 13.2 Å². The zero-order chi connectivity index (χ0) is 13.4. The number of nitrogens with zero attached hydrogens (tertiary/aromatic N) is 2. The fourth-order valence-corrected chi connectivity index (χ4v) is 2.49. The van der Waals surface area contributed by atoms with Gasteiger partial charge in [-0.05, 0) is 36.5 Å². The molecule has 1 aliphatic heterocycles. The Morgan fingerprint density at radius 3 is 2.58 bits per heavy atom. The number of nitrogens with two attached hydrogens (primary N) is 1. The molecular weight excluding hydrogens is 242 g/mol. The van der Waals surface area contributed by atoms with Gasteiger partial charge in [0.15, 0.2) is 0 Å². The van der Waals surface area contributed by atoms with E-state index in [-0.39, 0.29) is 6.04 Å². The molecule has 5 nitrogen and oxygen atoms in total. The zero-order valence-electron chi connectivity index (χ0n) is 10.9. The molecule has 1 aliphatic carbocycles. The van der Waals surface area contributed by atoms with Gasteiger partial charge in [-0.25, -0.2) is 9.80 Å². The van der Waals surface area contributed by atoms with Crippen LogP contribution in [-0.2, 0) is 0 Å². The number of hydrazone groups is 1. The van der Waals surface area contributed by atoms with Crippen molar-refractivity contribution in [3.05, 3.63) is 29.8 Å². The maximum atomic E-state index is 11.5. The van der Waals surface area contributed by atoms with Crippen molar-refractivity contribution < 1.29 is 9.53 Å². The van der Waals surface area contributed by atoms with Gasteiger partial charge in [-0.1, -0.05) is 12.1 Å². The highest BCUT2D eigenvalue weighted by Gasteiger charge is 2.38. The standard InChI is InChI=1S/C14H17N3O2/c1-19-11-6-4-10(5-7-11)13-8-12(9-2-3-9)16-17(13)14(15)18/h4-7,9,13H,2-3,8H2,1H3,(H2,15,18). The van der Waals surface area contributed by atoms with Gasteiger partial charge >= 0.3 is 6.03 Å². The van der Waals surface area contributed by atoms with Gasteiger partial charge < -0.3 is 10.5 Å². The van der Waals surface area contributed by atoms with Gasteiger partial charge in [0, 0.05) is 12.1 Å². The minimum absolute atomic E-state index is 0.0704. The summed E-state index contributed by atoms with van der Waals surface area (Å²) in [6, 6.07) is 7.15. The van der Waals surface area contributed by atoms with E-state index < -0.39 is 6.03 Å². The molecule has 1 fully saturated rings. The van der Waals surface area contributed by atoms with E-state index in [4.69, 9.17) is 10.5 Å². The van der Waals surface area contributed by atoms with Crippen LogP contribution < -0.4 is 10.5 Å². The summed E-state index contributed by atoms with van der Waals surface area (Å²) in [7, 11) is 1.63. The number of benzene rings is 1. The maximum Gasteiger partial charge on any atom is 0.335 e. The summed E-state index contributed by atoms with van der Waals surface area (Å²) >= 11 is 0. The number of hydrogen-bond donors (Lipinski definition) is 1. The van der Waals surface area contributed by atoms with Gasteiger partial charge in [0.2, 0.25) is 0 Å². The third-order valence-electron chi connectivity index (χ3n) is 3.71. The largest absolute Gasteiger partial charge is 0.497 e. The molecule has 1 atom stereocenters. The van der Waals surface area contributed by atoms with E-state index in [1.807, 2.05) is 24.3 Å². The van der Waals surface area contributed by atoms with Crippen LogP contribution in [0.15, 0.2) is 29.4 Å². The molecule has 19 heavy (non-hydrogen) atoms. The smallest absolute Gasteiger partial charge is 0.335 e. The Bertz CT molecular complexity index is 520. The quantitative estimate of drug-likeness (QED) is 0.904. The third-order valence-corrected chi connectivity index (χ3v) is 3.71. The number of rotatable bonds is 3. The number of methoxy groups -OCH3 is 1. The molecule has 1 saturated carbocycles. The summed E-state index contributed by atoms with van der Waals surface area (Å²) < 4.78 is 5.14. The van der Waals surface area contributed by atoms with Crippen LogP contribution in [0.4, 0.5) is 4.79 Å². The van der Waals surface area contributed by atoms with Crippen LogP contribution in [0.1, 0.15) is 30.9 Å². The first kappa shape index (κ1) is 12.0. The number of urea groups is 1. The Hall–Kier alpha value is -2.04. The molecule has 0 spiro atoms. The Kier molecular flexibility index (Phi) is 2.89. The average Bonchev–Trinajstić information content (AvgIpc) is 3.17. The van der Waals surface area contributed by atoms with Crippen LogP contribution in [0, 0.1) is 5.92 Å². The van der Waals surface area contributed by atoms with Crippen molar-refractivity contribution in [1.82, 2.24) is 5.01 Å². The van der Waals surface area contributed by atoms with Gasteiger partial charge in [-0.2, -0.15) is 5.10 Å². The Balaban J connectivity index is 1.84. The van der Waals surface area contributed by atoms with E-state index in [0.717, 1.165) is 23.4 Å². The molecule has 1 aromatic rings. The summed E-state index contributed by atoms with van der Waals surface area (Å²) in [5.41, 5.74) is 7.57. The van der Waals surface area contributed by atoms with Crippen molar-refractivity contribution in [1.29, 1.82) is 0 Å². The molecule has 5 heteroatoms. The lowest BCUT2D eigenvalue weighted by Gasteiger charge is -2.20. The molecule has 1 aromatic carbocycles. The molecule has 1 unspecified atom stereocenters. The first-order valence-electron chi connectivity index (χ1n) is 6.49. The van der Waals surface area contributed by atoms with Crippen molar-refractivity contribution in [3.8, 4) is 5.75 Å². The number of hydrogen-bond acceptors (Lipinski definition) is 3. The molecule has 0 saturated heterocycles. The van der Waals surface area contributed by atoms with Crippen molar-refractivity contribution >= 4 is 11.7 Å². The van der Waals surface area contributed by atoms with E-state index in [9.17, 15) is 4.79 Å². The van der Waals surface area contributed by atoms with Gasteiger partial charge in [0.1, 0.15) is 5.75 Å². The molecule has 2 amide bonds. The van der Waals surface area contributed by atoms with Crippen molar-refractivity contribution in [2.24, 2.45) is 16.8 Å². The summed E-state index contributed by atoms with van der Waals surface area (Å²) in [5.74, 6) is 1.36. The number of carbonyl (C=O) groups excluding carboxylic acids is 1. The van der Waals surface area contributed by atoms with Crippen molar-refractivity contribution in [3.63, 3.8) is 0 Å². The number of carbonyl (C=O) groups is 1. The van der Waals surface area contributed by atoms with Crippen LogP contribution in [0.25, 0.3) is 0 Å². The molecule has 100 valence electrons. The second-order valence-corrected chi connectivity index (χ2v) is 5.04. The highest BCUT2D eigenvalue weighted by atomic mass is 16.5. The minimum Gasteiger partial charge on any atom is -0.497 e. The maximum absolute atomic E-state index is 11.5. The predicted molar refractivity (Wildman–Crippen MR) is 71.9 cm³/mol. The normalized spacial score (nSPS) is 22.3. The molecule has 2 aliphatic rings. The van der Waals surface area contributed by atoms with E-state index in [0.29, 0.717) is 5.92 Å². The fourth-order valence-electron chi connectivity index (χ4n) is 2.49. The topological polar surface area (TPSA) is 67.9 Å². The van der Waals surface area contributed by atoms with Crippen LogP contribution >= 0.6 is 0 Å². The molecule has 2 N–H and O–H groups in total. The monoisotopic (exact) mass is 259 g/mol. The lowest BCUT2D eigenvalue weighted by Crippen LogP contribution is -2.31. The number of primary amides is 1. The van der Waals surface area contributed by atoms with Crippen molar-refractivity contribution in [2.75, 3.05) is 7.11 Å². The van der Waals surface area contributed by atoms with Crippen molar-refractivity contribution in [2.45, 2.75) is 25.3 Å². The molecule has 0 aromatic heterocycles. The van der Waals surface area contributed by atoms with E-state index in [2.05, 4.69) is 5.10 Å². The summed E-state index contributed by atoms with van der Waals surface area (Å²) in [4.78, 5) is 11.5. The lowest BCUT2D eigenvalue weighted by molar-refractivity contribution is 0.196. The first-order chi connectivity index (χ1) is 9.19. The molecular formula is C14H17N3O2. The average molecular weight is 259 g/mol. The van der Waals surface area contributed by atoms with Gasteiger partial charge in [-0.15, -0.1) is 0 Å². The molecule has 0 bridgehead atoms. The van der Waals surface area contributed by atoms with Gasteiger partial charge in [-0.3, -0.25) is 0 Å². The molecule has 3 rings (SSSR count). The van der Waals surface area contributed by atoms with E-state index >= 15 is 0 Å². The Morgan fingerprint density at radius 2 is 2.05 bits per heavy atom. The van der Waals surface area contributed by atoms with E-state index in [1.165, 1.54) is 17.9 Å². The van der Waals surface area contributed by atoms with E-state index in [1.54, 1.807) is 7.11 Å². The second-order valence-electron chi connectivity index (χ2n) is 5.04. The first-order valence-corrected chi connectivity index (χ1v) is 6.49. The number of amides is 2.